The van der Waals surface area contributed by atoms with Gasteiger partial charge in [0, 0.05) is 28.1 Å². The van der Waals surface area contributed by atoms with Crippen LogP contribution in [-0.2, 0) is 6.61 Å². The molecule has 1 aliphatic heterocycles. The lowest BCUT2D eigenvalue weighted by Crippen LogP contribution is -2.41. The topological polar surface area (TPSA) is 47.6 Å². The smallest absolute Gasteiger partial charge is 0.251 e. The maximum atomic E-state index is 12.9. The molecule has 4 nitrogen and oxygen atoms in total. The van der Waals surface area contributed by atoms with Crippen LogP contribution in [0, 0.1) is 6.92 Å². The van der Waals surface area contributed by atoms with E-state index in [1.165, 1.54) is 0 Å². The molecule has 0 fully saturated rings. The average Bonchev–Trinajstić information content (AvgIpc) is 2.73. The van der Waals surface area contributed by atoms with Crippen LogP contribution in [0.5, 0.6) is 11.5 Å². The number of benzene rings is 3. The molecule has 0 aromatic heterocycles. The highest BCUT2D eigenvalue weighted by Crippen LogP contribution is 2.40. The molecule has 0 saturated carbocycles. The van der Waals surface area contributed by atoms with E-state index >= 15 is 0 Å². The molecule has 1 atom stereocenters. The Bertz CT molecular complexity index is 1090. The zero-order valence-corrected chi connectivity index (χ0v) is 18.7. The number of aryl methyl sites for hydroxylation is 1. The fourth-order valence-electron chi connectivity index (χ4n) is 3.82. The molecule has 3 aromatic carbocycles. The molecule has 31 heavy (non-hydrogen) atoms. The van der Waals surface area contributed by atoms with E-state index in [9.17, 15) is 4.79 Å². The Balaban J connectivity index is 1.44. The summed E-state index contributed by atoms with van der Waals surface area (Å²) in [6, 6.07) is 20.7. The van der Waals surface area contributed by atoms with Crippen LogP contribution < -0.4 is 14.8 Å². The predicted molar refractivity (Wildman–Crippen MR) is 123 cm³/mol. The van der Waals surface area contributed by atoms with Crippen molar-refractivity contribution in [1.29, 1.82) is 0 Å². The Morgan fingerprint density at radius 1 is 1.13 bits per heavy atom. The van der Waals surface area contributed by atoms with E-state index < -0.39 is 0 Å². The van der Waals surface area contributed by atoms with Crippen molar-refractivity contribution in [3.63, 3.8) is 0 Å². The first-order valence-electron chi connectivity index (χ1n) is 10.4. The summed E-state index contributed by atoms with van der Waals surface area (Å²) in [4.78, 5) is 12.9. The molecule has 0 radical (unpaired) electrons. The molecule has 4 rings (SSSR count). The molecular weight excluding hydrogens is 410 g/mol. The van der Waals surface area contributed by atoms with Crippen LogP contribution in [0.15, 0.2) is 66.7 Å². The zero-order chi connectivity index (χ0) is 22.0. The van der Waals surface area contributed by atoms with E-state index in [1.54, 1.807) is 24.3 Å². The third-order valence-corrected chi connectivity index (χ3v) is 5.77. The summed E-state index contributed by atoms with van der Waals surface area (Å²) < 4.78 is 11.9. The number of hydrogen-bond acceptors (Lipinski definition) is 3. The first kappa shape index (κ1) is 21.3. The highest BCUT2D eigenvalue weighted by atomic mass is 35.5. The third kappa shape index (κ3) is 5.02. The van der Waals surface area contributed by atoms with Crippen LogP contribution >= 0.6 is 11.6 Å². The van der Waals surface area contributed by atoms with Crippen molar-refractivity contribution < 1.29 is 14.3 Å². The van der Waals surface area contributed by atoms with E-state index in [4.69, 9.17) is 21.1 Å². The quantitative estimate of drug-likeness (QED) is 0.514. The summed E-state index contributed by atoms with van der Waals surface area (Å²) in [5.74, 6) is 1.40. The van der Waals surface area contributed by atoms with Crippen LogP contribution in [0.2, 0.25) is 5.02 Å². The van der Waals surface area contributed by atoms with Gasteiger partial charge in [-0.1, -0.05) is 47.5 Å². The molecule has 5 heteroatoms. The Morgan fingerprint density at radius 3 is 2.61 bits per heavy atom. The summed E-state index contributed by atoms with van der Waals surface area (Å²) in [5, 5.41) is 3.86. The Hall–Kier alpha value is -2.98. The molecule has 0 saturated heterocycles. The number of hydrogen-bond donors (Lipinski definition) is 1. The summed E-state index contributed by atoms with van der Waals surface area (Å²) in [6.45, 7) is 6.50. The Morgan fingerprint density at radius 2 is 1.87 bits per heavy atom. The van der Waals surface area contributed by atoms with Crippen LogP contribution in [0.4, 0.5) is 0 Å². The van der Waals surface area contributed by atoms with Crippen molar-refractivity contribution in [2.24, 2.45) is 0 Å². The van der Waals surface area contributed by atoms with Gasteiger partial charge in [0.1, 0.15) is 23.7 Å². The predicted octanol–water partition coefficient (Wildman–Crippen LogP) is 6.26. The third-order valence-electron chi connectivity index (χ3n) is 5.40. The molecule has 1 unspecified atom stereocenters. The van der Waals surface area contributed by atoms with Gasteiger partial charge in [-0.25, -0.2) is 0 Å². The second-order valence-corrected chi connectivity index (χ2v) is 8.94. The van der Waals surface area contributed by atoms with E-state index in [1.807, 2.05) is 57.2 Å². The number of fused-ring (bicyclic) bond motifs is 1. The normalized spacial score (nSPS) is 16.7. The van der Waals surface area contributed by atoms with Gasteiger partial charge in [0.2, 0.25) is 0 Å². The SMILES string of the molecule is Cc1ccc2c(c1)C(NC(=O)c1ccc(OCc3ccccc3Cl)cc1)CC(C)(C)O2. The highest BCUT2D eigenvalue weighted by Gasteiger charge is 2.34. The molecule has 1 amide bonds. The van der Waals surface area contributed by atoms with Crippen LogP contribution in [-0.4, -0.2) is 11.5 Å². The molecule has 160 valence electrons. The number of carbonyl (C=O) groups excluding carboxylic acids is 1. The summed E-state index contributed by atoms with van der Waals surface area (Å²) in [6.07, 6.45) is 0.703. The molecular formula is C26H26ClNO3. The van der Waals surface area contributed by atoms with Gasteiger partial charge >= 0.3 is 0 Å². The van der Waals surface area contributed by atoms with E-state index in [0.29, 0.717) is 29.4 Å². The number of carbonyl (C=O) groups is 1. The second kappa shape index (κ2) is 8.64. The number of nitrogens with one attached hydrogen (secondary N) is 1. The lowest BCUT2D eigenvalue weighted by molar-refractivity contribution is 0.0619. The summed E-state index contributed by atoms with van der Waals surface area (Å²) in [7, 11) is 0. The van der Waals surface area contributed by atoms with Crippen LogP contribution in [0.3, 0.4) is 0 Å². The minimum absolute atomic E-state index is 0.109. The Kier molecular flexibility index (Phi) is 5.92. The van der Waals surface area contributed by atoms with Crippen molar-refractivity contribution in [3.05, 3.63) is 94.0 Å². The minimum atomic E-state index is -0.351. The first-order valence-corrected chi connectivity index (χ1v) is 10.8. The van der Waals surface area contributed by atoms with Crippen LogP contribution in [0.25, 0.3) is 0 Å². The molecule has 0 aliphatic carbocycles. The van der Waals surface area contributed by atoms with Gasteiger partial charge in [0.25, 0.3) is 5.91 Å². The van der Waals surface area contributed by atoms with Gasteiger partial charge in [-0.2, -0.15) is 0 Å². The lowest BCUT2D eigenvalue weighted by atomic mass is 9.88. The molecule has 1 N–H and O–H groups in total. The molecule has 0 bridgehead atoms. The second-order valence-electron chi connectivity index (χ2n) is 8.54. The van der Waals surface area contributed by atoms with E-state index in [2.05, 4.69) is 11.4 Å². The van der Waals surface area contributed by atoms with Crippen molar-refractivity contribution in [2.45, 2.75) is 45.4 Å². The average molecular weight is 436 g/mol. The molecule has 1 heterocycles. The van der Waals surface area contributed by atoms with Gasteiger partial charge in [0.05, 0.1) is 6.04 Å². The van der Waals surface area contributed by atoms with E-state index in [0.717, 1.165) is 22.4 Å². The lowest BCUT2D eigenvalue weighted by Gasteiger charge is -2.38. The summed E-state index contributed by atoms with van der Waals surface area (Å²) >= 11 is 6.17. The van der Waals surface area contributed by atoms with Crippen LogP contribution in [0.1, 0.15) is 53.4 Å². The van der Waals surface area contributed by atoms with Gasteiger partial charge in [-0.15, -0.1) is 0 Å². The molecule has 3 aromatic rings. The van der Waals surface area contributed by atoms with Crippen molar-refractivity contribution >= 4 is 17.5 Å². The first-order chi connectivity index (χ1) is 14.8. The van der Waals surface area contributed by atoms with Crippen molar-refractivity contribution in [2.75, 3.05) is 0 Å². The number of halogens is 1. The van der Waals surface area contributed by atoms with Gasteiger partial charge in [0.15, 0.2) is 0 Å². The maximum absolute atomic E-state index is 12.9. The fourth-order valence-corrected chi connectivity index (χ4v) is 4.01. The number of ether oxygens (including phenoxy) is 2. The van der Waals surface area contributed by atoms with E-state index in [-0.39, 0.29) is 17.6 Å². The van der Waals surface area contributed by atoms with Gasteiger partial charge in [-0.3, -0.25) is 4.79 Å². The largest absolute Gasteiger partial charge is 0.489 e. The Labute approximate surface area is 188 Å². The van der Waals surface area contributed by atoms with Crippen molar-refractivity contribution in [3.8, 4) is 11.5 Å². The highest BCUT2D eigenvalue weighted by molar-refractivity contribution is 6.31. The molecule has 0 spiro atoms. The maximum Gasteiger partial charge on any atom is 0.251 e. The van der Waals surface area contributed by atoms with Gasteiger partial charge < -0.3 is 14.8 Å². The number of rotatable bonds is 5. The van der Waals surface area contributed by atoms with Gasteiger partial charge in [-0.05, 0) is 57.2 Å². The monoisotopic (exact) mass is 435 g/mol. The standard InChI is InChI=1S/C26H26ClNO3/c1-17-8-13-24-21(14-17)23(15-26(2,3)31-24)28-25(29)18-9-11-20(12-10-18)30-16-19-6-4-5-7-22(19)27/h4-14,23H,15-16H2,1-3H3,(H,28,29). The fraction of sp³-hybridized carbons (Fsp3) is 0.269. The number of amides is 1. The molecule has 1 aliphatic rings. The summed E-state index contributed by atoms with van der Waals surface area (Å²) in [5.41, 5.74) is 3.32. The zero-order valence-electron chi connectivity index (χ0n) is 17.9. The minimum Gasteiger partial charge on any atom is -0.489 e. The van der Waals surface area contributed by atoms with Crippen molar-refractivity contribution in [1.82, 2.24) is 5.32 Å².